The maximum absolute atomic E-state index is 13.0. The van der Waals surface area contributed by atoms with Gasteiger partial charge in [0, 0.05) is 36.2 Å². The lowest BCUT2D eigenvalue weighted by Crippen LogP contribution is -2.60. The number of nitrogens with zero attached hydrogens (tertiary/aromatic N) is 2. The van der Waals surface area contributed by atoms with Gasteiger partial charge in [-0.1, -0.05) is 36.6 Å². The van der Waals surface area contributed by atoms with Crippen LogP contribution in [0.2, 0.25) is 5.02 Å². The third kappa shape index (κ3) is 5.19. The molecule has 2 amide bonds. The van der Waals surface area contributed by atoms with Crippen molar-refractivity contribution in [2.75, 3.05) is 19.6 Å². The number of carbonyl (C=O) groups is 2. The highest BCUT2D eigenvalue weighted by Gasteiger charge is 2.41. The molecule has 156 valence electrons. The SMILES string of the molecule is CC1CN(C(=O)C2CCCCC2(C)N)CCN1C(=O)Cc1cccc(Cl)c1.Cl. The molecular weight excluding hydrogens is 397 g/mol. The van der Waals surface area contributed by atoms with E-state index in [2.05, 4.69) is 0 Å². The van der Waals surface area contributed by atoms with Gasteiger partial charge in [-0.2, -0.15) is 0 Å². The van der Waals surface area contributed by atoms with Gasteiger partial charge in [0.15, 0.2) is 0 Å². The van der Waals surface area contributed by atoms with Crippen molar-refractivity contribution in [3.8, 4) is 0 Å². The zero-order chi connectivity index (χ0) is 19.6. The van der Waals surface area contributed by atoms with Gasteiger partial charge in [0.05, 0.1) is 12.3 Å². The molecule has 2 fully saturated rings. The van der Waals surface area contributed by atoms with Crippen LogP contribution >= 0.6 is 24.0 Å². The summed E-state index contributed by atoms with van der Waals surface area (Å²) in [6.07, 6.45) is 4.27. The van der Waals surface area contributed by atoms with Crippen LogP contribution in [0.15, 0.2) is 24.3 Å². The topological polar surface area (TPSA) is 66.6 Å². The summed E-state index contributed by atoms with van der Waals surface area (Å²) >= 11 is 6.01. The molecular formula is C21H31Cl2N3O2. The maximum Gasteiger partial charge on any atom is 0.227 e. The van der Waals surface area contributed by atoms with Gasteiger partial charge in [0.1, 0.15) is 0 Å². The molecule has 2 N–H and O–H groups in total. The Bertz CT molecular complexity index is 711. The Kier molecular flexibility index (Phi) is 7.77. The van der Waals surface area contributed by atoms with Gasteiger partial charge in [-0.3, -0.25) is 9.59 Å². The number of hydrogen-bond acceptors (Lipinski definition) is 3. The van der Waals surface area contributed by atoms with Crippen LogP contribution in [0.3, 0.4) is 0 Å². The Labute approximate surface area is 179 Å². The van der Waals surface area contributed by atoms with E-state index in [0.29, 0.717) is 31.1 Å². The zero-order valence-corrected chi connectivity index (χ0v) is 18.3. The largest absolute Gasteiger partial charge is 0.339 e. The van der Waals surface area contributed by atoms with Crippen LogP contribution in [0, 0.1) is 5.92 Å². The zero-order valence-electron chi connectivity index (χ0n) is 16.7. The van der Waals surface area contributed by atoms with Crippen LogP contribution in [-0.2, 0) is 16.0 Å². The van der Waals surface area contributed by atoms with Crippen LogP contribution in [0.25, 0.3) is 0 Å². The molecule has 0 spiro atoms. The quantitative estimate of drug-likeness (QED) is 0.804. The third-order valence-electron chi connectivity index (χ3n) is 6.06. The number of hydrogen-bond donors (Lipinski definition) is 1. The van der Waals surface area contributed by atoms with E-state index in [1.54, 1.807) is 6.07 Å². The molecule has 1 saturated carbocycles. The van der Waals surface area contributed by atoms with E-state index in [1.807, 2.05) is 41.8 Å². The van der Waals surface area contributed by atoms with Crippen LogP contribution in [-0.4, -0.2) is 52.8 Å². The molecule has 0 aromatic heterocycles. The summed E-state index contributed by atoms with van der Waals surface area (Å²) in [5, 5.41) is 0.640. The Morgan fingerprint density at radius 2 is 2.04 bits per heavy atom. The molecule has 3 unspecified atom stereocenters. The molecule has 7 heteroatoms. The molecule has 0 bridgehead atoms. The standard InChI is InChI=1S/C21H30ClN3O2.ClH/c1-15-14-24(20(27)18-8-3-4-9-21(18,2)23)10-11-25(15)19(26)13-16-6-5-7-17(22)12-16;/h5-7,12,15,18H,3-4,8-11,13-14,23H2,1-2H3;1H. The smallest absolute Gasteiger partial charge is 0.227 e. The van der Waals surface area contributed by atoms with Gasteiger partial charge in [-0.25, -0.2) is 0 Å². The Morgan fingerprint density at radius 1 is 1.29 bits per heavy atom. The van der Waals surface area contributed by atoms with E-state index in [9.17, 15) is 9.59 Å². The first-order valence-electron chi connectivity index (χ1n) is 9.89. The van der Waals surface area contributed by atoms with Gasteiger partial charge in [0.2, 0.25) is 11.8 Å². The first kappa shape index (κ1) is 23.0. The molecule has 1 aromatic carbocycles. The summed E-state index contributed by atoms with van der Waals surface area (Å²) in [5.74, 6) is 0.138. The number of nitrogens with two attached hydrogens (primary N) is 1. The number of amides is 2. The maximum atomic E-state index is 13.0. The van der Waals surface area contributed by atoms with Crippen molar-refractivity contribution in [2.45, 2.75) is 57.5 Å². The van der Waals surface area contributed by atoms with E-state index in [0.717, 1.165) is 31.2 Å². The van der Waals surface area contributed by atoms with Crippen LogP contribution in [0.5, 0.6) is 0 Å². The van der Waals surface area contributed by atoms with Crippen molar-refractivity contribution in [1.29, 1.82) is 0 Å². The van der Waals surface area contributed by atoms with E-state index in [-0.39, 0.29) is 36.2 Å². The van der Waals surface area contributed by atoms with E-state index >= 15 is 0 Å². The molecule has 1 saturated heterocycles. The van der Waals surface area contributed by atoms with Crippen LogP contribution < -0.4 is 5.73 Å². The second-order valence-corrected chi connectivity index (χ2v) is 8.77. The van der Waals surface area contributed by atoms with Gasteiger partial charge in [0.25, 0.3) is 0 Å². The lowest BCUT2D eigenvalue weighted by Gasteiger charge is -2.44. The lowest BCUT2D eigenvalue weighted by molar-refractivity contribution is -0.146. The number of carbonyl (C=O) groups excluding carboxylic acids is 2. The first-order chi connectivity index (χ1) is 12.8. The molecule has 1 aromatic rings. The van der Waals surface area contributed by atoms with E-state index in [1.165, 1.54) is 0 Å². The predicted molar refractivity (Wildman–Crippen MR) is 115 cm³/mol. The number of halogens is 2. The summed E-state index contributed by atoms with van der Waals surface area (Å²) in [4.78, 5) is 29.6. The van der Waals surface area contributed by atoms with Crippen molar-refractivity contribution in [3.63, 3.8) is 0 Å². The summed E-state index contributed by atoms with van der Waals surface area (Å²) < 4.78 is 0. The lowest BCUT2D eigenvalue weighted by atomic mass is 9.74. The first-order valence-corrected chi connectivity index (χ1v) is 10.3. The molecule has 3 rings (SSSR count). The van der Waals surface area contributed by atoms with Crippen LogP contribution in [0.4, 0.5) is 0 Å². The predicted octanol–water partition coefficient (Wildman–Crippen LogP) is 3.27. The van der Waals surface area contributed by atoms with Crippen molar-refractivity contribution in [3.05, 3.63) is 34.9 Å². The van der Waals surface area contributed by atoms with Crippen molar-refractivity contribution in [2.24, 2.45) is 11.7 Å². The molecule has 1 heterocycles. The second kappa shape index (κ2) is 9.47. The summed E-state index contributed by atoms with van der Waals surface area (Å²) in [6, 6.07) is 7.41. The highest BCUT2D eigenvalue weighted by atomic mass is 35.5. The second-order valence-electron chi connectivity index (χ2n) is 8.33. The minimum Gasteiger partial charge on any atom is -0.339 e. The molecule has 0 radical (unpaired) electrons. The van der Waals surface area contributed by atoms with Crippen molar-refractivity contribution >= 4 is 35.8 Å². The Morgan fingerprint density at radius 3 is 2.68 bits per heavy atom. The summed E-state index contributed by atoms with van der Waals surface area (Å²) in [5.41, 5.74) is 6.91. The minimum atomic E-state index is -0.419. The van der Waals surface area contributed by atoms with Gasteiger partial charge in [-0.15, -0.1) is 12.4 Å². The van der Waals surface area contributed by atoms with Gasteiger partial charge < -0.3 is 15.5 Å². The molecule has 5 nitrogen and oxygen atoms in total. The van der Waals surface area contributed by atoms with Gasteiger partial charge >= 0.3 is 0 Å². The fourth-order valence-electron chi connectivity index (χ4n) is 4.44. The average molecular weight is 428 g/mol. The summed E-state index contributed by atoms with van der Waals surface area (Å²) in [7, 11) is 0. The molecule has 28 heavy (non-hydrogen) atoms. The highest BCUT2D eigenvalue weighted by molar-refractivity contribution is 6.30. The third-order valence-corrected chi connectivity index (χ3v) is 6.29. The Balaban J connectivity index is 0.00000280. The molecule has 3 atom stereocenters. The molecule has 2 aliphatic rings. The van der Waals surface area contributed by atoms with E-state index in [4.69, 9.17) is 17.3 Å². The fourth-order valence-corrected chi connectivity index (χ4v) is 4.65. The summed E-state index contributed by atoms with van der Waals surface area (Å²) in [6.45, 7) is 5.74. The van der Waals surface area contributed by atoms with E-state index < -0.39 is 5.54 Å². The van der Waals surface area contributed by atoms with Crippen LogP contribution in [0.1, 0.15) is 45.1 Å². The monoisotopic (exact) mass is 427 g/mol. The van der Waals surface area contributed by atoms with Crippen molar-refractivity contribution in [1.82, 2.24) is 9.80 Å². The number of rotatable bonds is 3. The molecule has 1 aliphatic heterocycles. The highest BCUT2D eigenvalue weighted by Crippen LogP contribution is 2.33. The van der Waals surface area contributed by atoms with Crippen molar-refractivity contribution < 1.29 is 9.59 Å². The number of piperazine rings is 1. The average Bonchev–Trinajstić information content (AvgIpc) is 2.60. The minimum absolute atomic E-state index is 0. The Hall–Kier alpha value is -1.30. The number of benzene rings is 1. The van der Waals surface area contributed by atoms with Gasteiger partial charge in [-0.05, 0) is 44.4 Å². The normalized spacial score (nSPS) is 27.9. The molecule has 1 aliphatic carbocycles. The fraction of sp³-hybridized carbons (Fsp3) is 0.619.